The maximum Gasteiger partial charge on any atom is 0.238 e. The lowest BCUT2D eigenvalue weighted by molar-refractivity contribution is 0.548. The second-order valence-corrected chi connectivity index (χ2v) is 14.6. The van der Waals surface area contributed by atoms with E-state index in [1.807, 2.05) is 47.7 Å². The predicted octanol–water partition coefficient (Wildman–Crippen LogP) is 10.2. The quantitative estimate of drug-likeness (QED) is 0.173. The van der Waals surface area contributed by atoms with Crippen LogP contribution in [0.5, 0.6) is 0 Å². The molecule has 0 amide bonds. The van der Waals surface area contributed by atoms with Gasteiger partial charge in [-0.25, -0.2) is 4.98 Å². The highest BCUT2D eigenvalue weighted by Gasteiger charge is 2.24. The molecule has 0 fully saturated rings. The number of nitrogens with zero attached hydrogens (tertiary/aromatic N) is 4. The van der Waals surface area contributed by atoms with Gasteiger partial charge in [0.25, 0.3) is 0 Å². The highest BCUT2D eigenvalue weighted by molar-refractivity contribution is 7.26. The number of benzene rings is 6. The third-order valence-electron chi connectivity index (χ3n) is 10.5. The van der Waals surface area contributed by atoms with Crippen LogP contribution in [0.15, 0.2) is 138 Å². The SMILES string of the molecule is Bc1cccc2oc3c(c12)C=C(c1ccc2c(c1)c1ccc4c5ccccc5sc4c1n2-c1nc(-c2ccccc2)nc(-c2ccccc2)n1)CC3. The molecular formula is C45H29BN4OS. The third-order valence-corrected chi connectivity index (χ3v) is 11.7. The van der Waals surface area contributed by atoms with Crippen molar-refractivity contribution in [1.29, 1.82) is 0 Å². The van der Waals surface area contributed by atoms with Crippen molar-refractivity contribution in [1.82, 2.24) is 19.5 Å². The molecule has 0 unspecified atom stereocenters. The van der Waals surface area contributed by atoms with E-state index in [-0.39, 0.29) is 0 Å². The lowest BCUT2D eigenvalue weighted by atomic mass is 9.86. The molecule has 4 aromatic heterocycles. The number of thiophene rings is 1. The van der Waals surface area contributed by atoms with Gasteiger partial charge in [0.1, 0.15) is 19.2 Å². The lowest BCUT2D eigenvalue weighted by Crippen LogP contribution is -2.06. The minimum absolute atomic E-state index is 0.604. The molecule has 52 heavy (non-hydrogen) atoms. The number of hydrogen-bond acceptors (Lipinski definition) is 5. The van der Waals surface area contributed by atoms with Crippen LogP contribution in [-0.4, -0.2) is 27.4 Å². The molecule has 0 aliphatic heterocycles. The summed E-state index contributed by atoms with van der Waals surface area (Å²) in [5.41, 5.74) is 10.1. The summed E-state index contributed by atoms with van der Waals surface area (Å²) < 4.78 is 11.1. The molecule has 0 saturated heterocycles. The first-order valence-corrected chi connectivity index (χ1v) is 18.5. The molecule has 10 aromatic rings. The van der Waals surface area contributed by atoms with Crippen LogP contribution >= 0.6 is 11.3 Å². The zero-order valence-corrected chi connectivity index (χ0v) is 29.1. The molecule has 244 valence electrons. The van der Waals surface area contributed by atoms with Crippen LogP contribution in [-0.2, 0) is 6.42 Å². The average Bonchev–Trinajstić information content (AvgIpc) is 3.88. The first-order chi connectivity index (χ1) is 25.7. The van der Waals surface area contributed by atoms with Gasteiger partial charge in [-0.05, 0) is 47.9 Å². The fraction of sp³-hybridized carbons (Fsp3) is 0.0444. The molecule has 5 nitrogen and oxygen atoms in total. The molecule has 0 bridgehead atoms. The van der Waals surface area contributed by atoms with Crippen molar-refractivity contribution < 1.29 is 4.42 Å². The molecule has 6 aromatic carbocycles. The number of rotatable bonds is 4. The molecule has 4 heterocycles. The van der Waals surface area contributed by atoms with E-state index < -0.39 is 0 Å². The third kappa shape index (κ3) is 4.46. The number of hydrogen-bond donors (Lipinski definition) is 0. The summed E-state index contributed by atoms with van der Waals surface area (Å²) >= 11 is 1.83. The summed E-state index contributed by atoms with van der Waals surface area (Å²) in [5.74, 6) is 2.97. The molecule has 11 rings (SSSR count). The number of furan rings is 1. The molecule has 0 radical (unpaired) electrons. The zero-order chi connectivity index (χ0) is 34.3. The number of allylic oxidation sites excluding steroid dienone is 1. The van der Waals surface area contributed by atoms with E-state index in [1.165, 1.54) is 58.5 Å². The van der Waals surface area contributed by atoms with Crippen molar-refractivity contribution in [3.8, 4) is 28.7 Å². The molecule has 1 aliphatic rings. The normalized spacial score (nSPS) is 13.0. The fourth-order valence-electron chi connectivity index (χ4n) is 8.04. The van der Waals surface area contributed by atoms with Crippen molar-refractivity contribution in [2.45, 2.75) is 12.8 Å². The Bertz CT molecular complexity index is 3030. The minimum Gasteiger partial charge on any atom is -0.460 e. The molecular weight excluding hydrogens is 655 g/mol. The van der Waals surface area contributed by atoms with Crippen LogP contribution in [0.3, 0.4) is 0 Å². The monoisotopic (exact) mass is 684 g/mol. The largest absolute Gasteiger partial charge is 0.460 e. The Morgan fingerprint density at radius 1 is 0.615 bits per heavy atom. The van der Waals surface area contributed by atoms with Crippen molar-refractivity contribution in [2.75, 3.05) is 0 Å². The first kappa shape index (κ1) is 29.4. The second-order valence-electron chi connectivity index (χ2n) is 13.6. The summed E-state index contributed by atoms with van der Waals surface area (Å²) in [6.07, 6.45) is 4.16. The maximum atomic E-state index is 6.32. The van der Waals surface area contributed by atoms with E-state index in [4.69, 9.17) is 19.4 Å². The lowest BCUT2D eigenvalue weighted by Gasteiger charge is -2.14. The van der Waals surface area contributed by atoms with E-state index in [0.717, 1.165) is 46.3 Å². The number of aryl methyl sites for hydroxylation is 1. The van der Waals surface area contributed by atoms with Gasteiger partial charge in [-0.15, -0.1) is 11.3 Å². The van der Waals surface area contributed by atoms with Gasteiger partial charge in [0, 0.05) is 54.7 Å². The van der Waals surface area contributed by atoms with Crippen molar-refractivity contribution in [3.63, 3.8) is 0 Å². The molecule has 0 spiro atoms. The zero-order valence-electron chi connectivity index (χ0n) is 28.3. The van der Waals surface area contributed by atoms with Gasteiger partial charge in [-0.3, -0.25) is 4.57 Å². The minimum atomic E-state index is 0.604. The van der Waals surface area contributed by atoms with E-state index in [0.29, 0.717) is 17.6 Å². The van der Waals surface area contributed by atoms with Crippen LogP contribution in [0.25, 0.3) is 93.3 Å². The van der Waals surface area contributed by atoms with Crippen molar-refractivity contribution >= 4 is 89.2 Å². The summed E-state index contributed by atoms with van der Waals surface area (Å²) in [7, 11) is 2.17. The highest BCUT2D eigenvalue weighted by Crippen LogP contribution is 2.44. The second kappa shape index (κ2) is 11.4. The van der Waals surface area contributed by atoms with E-state index in [1.54, 1.807) is 0 Å². The van der Waals surface area contributed by atoms with E-state index in [9.17, 15) is 0 Å². The topological polar surface area (TPSA) is 56.7 Å². The van der Waals surface area contributed by atoms with Crippen LogP contribution in [0, 0.1) is 0 Å². The smallest absolute Gasteiger partial charge is 0.238 e. The van der Waals surface area contributed by atoms with Crippen LogP contribution < -0.4 is 5.46 Å². The molecule has 7 heteroatoms. The maximum absolute atomic E-state index is 6.32. The van der Waals surface area contributed by atoms with Crippen LogP contribution in [0.1, 0.15) is 23.3 Å². The Labute approximate surface area is 303 Å². The first-order valence-electron chi connectivity index (χ1n) is 17.7. The van der Waals surface area contributed by atoms with Gasteiger partial charge in [0.05, 0.1) is 15.7 Å². The van der Waals surface area contributed by atoms with Crippen molar-refractivity contribution in [2.24, 2.45) is 0 Å². The Balaban J connectivity index is 1.20. The van der Waals surface area contributed by atoms with E-state index >= 15 is 0 Å². The molecule has 0 saturated carbocycles. The summed E-state index contributed by atoms with van der Waals surface area (Å²) in [4.78, 5) is 15.5. The van der Waals surface area contributed by atoms with Crippen LogP contribution in [0.2, 0.25) is 0 Å². The van der Waals surface area contributed by atoms with Gasteiger partial charge < -0.3 is 4.42 Å². The summed E-state index contributed by atoms with van der Waals surface area (Å²) in [6.45, 7) is 0. The molecule has 1 aliphatic carbocycles. The van der Waals surface area contributed by atoms with E-state index in [2.05, 4.69) is 116 Å². The summed E-state index contributed by atoms with van der Waals surface area (Å²) in [6, 6.07) is 46.9. The Kier molecular flexibility index (Phi) is 6.43. The number of aromatic nitrogens is 4. The Hall–Kier alpha value is -6.31. The van der Waals surface area contributed by atoms with Gasteiger partial charge in [0.2, 0.25) is 5.95 Å². The molecule has 0 atom stereocenters. The molecule has 0 N–H and O–H groups in total. The van der Waals surface area contributed by atoms with Crippen molar-refractivity contribution in [3.05, 3.63) is 150 Å². The van der Waals surface area contributed by atoms with Crippen LogP contribution in [0.4, 0.5) is 0 Å². The predicted molar refractivity (Wildman–Crippen MR) is 219 cm³/mol. The highest BCUT2D eigenvalue weighted by atomic mass is 32.1. The Morgan fingerprint density at radius 2 is 1.35 bits per heavy atom. The standard InChI is InChI=1S/C45H29BN4OS/c46-35-15-9-16-38-40(35)34-25-29(19-23-37(34)51-38)28-18-22-36-33(24-28)31-20-21-32-30-14-7-8-17-39(30)52-42(32)41(31)50(36)45-48-43(26-10-3-1-4-11-26)47-44(49-45)27-12-5-2-6-13-27/h1-18,20-22,24-25H,19,23,46H2. The average molecular weight is 685 g/mol. The van der Waals surface area contributed by atoms with Gasteiger partial charge in [-0.2, -0.15) is 9.97 Å². The fourth-order valence-corrected chi connectivity index (χ4v) is 9.29. The number of fused-ring (bicyclic) bond motifs is 10. The Morgan fingerprint density at radius 3 is 2.13 bits per heavy atom. The van der Waals surface area contributed by atoms with Gasteiger partial charge >= 0.3 is 0 Å². The summed E-state index contributed by atoms with van der Waals surface area (Å²) in [5, 5.41) is 6.08. The van der Waals surface area contributed by atoms with Gasteiger partial charge in [-0.1, -0.05) is 115 Å². The van der Waals surface area contributed by atoms with Gasteiger partial charge in [0.15, 0.2) is 11.6 Å².